The summed E-state index contributed by atoms with van der Waals surface area (Å²) in [4.78, 5) is 17.5. The van der Waals surface area contributed by atoms with E-state index >= 15 is 0 Å². The number of benzene rings is 1. The summed E-state index contributed by atoms with van der Waals surface area (Å²) in [6.45, 7) is 6.51. The van der Waals surface area contributed by atoms with Crippen LogP contribution in [0.3, 0.4) is 0 Å². The normalized spacial score (nSPS) is 34.5. The zero-order chi connectivity index (χ0) is 16.7. The molecule has 1 heterocycles. The summed E-state index contributed by atoms with van der Waals surface area (Å²) in [5.74, 6) is -0.125. The predicted molar refractivity (Wildman–Crippen MR) is 85.4 cm³/mol. The number of hydroxylamine groups is 1. The van der Waals surface area contributed by atoms with Gasteiger partial charge in [0.05, 0.1) is 36.4 Å². The third kappa shape index (κ3) is 2.57. The lowest BCUT2D eigenvalue weighted by molar-refractivity contribution is -0.206. The van der Waals surface area contributed by atoms with Crippen molar-refractivity contribution in [1.82, 2.24) is 5.48 Å². The van der Waals surface area contributed by atoms with Crippen molar-refractivity contribution in [1.29, 1.82) is 0 Å². The molecule has 1 saturated carbocycles. The highest BCUT2D eigenvalue weighted by Gasteiger charge is 2.71. The molecule has 1 aromatic rings. The van der Waals surface area contributed by atoms with Gasteiger partial charge >= 0.3 is 0 Å². The molecular weight excluding hydrogens is 294 g/mol. The maximum atomic E-state index is 12.6. The number of nitrogens with one attached hydrogen (secondary N) is 1. The Morgan fingerprint density at radius 2 is 2.00 bits per heavy atom. The van der Waals surface area contributed by atoms with Crippen molar-refractivity contribution in [3.05, 3.63) is 35.9 Å². The second-order valence-corrected chi connectivity index (χ2v) is 7.31. The van der Waals surface area contributed by atoms with Gasteiger partial charge in [0.15, 0.2) is 0 Å². The standard InChI is InChI=1S/C18H25NO4/c1-16(2)18(15(20)19-21-4)10-14(17(3,12-18)23-16)22-11-13-8-6-5-7-9-13/h5-9,14H,10-12H2,1-4H3,(H,19,20)/t14-,17+,18+/m0/s1. The van der Waals surface area contributed by atoms with E-state index < -0.39 is 16.6 Å². The van der Waals surface area contributed by atoms with Crippen LogP contribution in [0, 0.1) is 5.41 Å². The minimum absolute atomic E-state index is 0.113. The molecule has 0 unspecified atom stereocenters. The molecule has 1 aliphatic carbocycles. The highest BCUT2D eigenvalue weighted by atomic mass is 16.6. The lowest BCUT2D eigenvalue weighted by atomic mass is 9.72. The van der Waals surface area contributed by atoms with Crippen LogP contribution in [0.15, 0.2) is 30.3 Å². The largest absolute Gasteiger partial charge is 0.371 e. The molecule has 1 N–H and O–H groups in total. The van der Waals surface area contributed by atoms with Crippen LogP contribution in [0.5, 0.6) is 0 Å². The Balaban J connectivity index is 1.77. The highest BCUT2D eigenvalue weighted by Crippen LogP contribution is 2.62. The molecule has 3 atom stereocenters. The van der Waals surface area contributed by atoms with E-state index in [0.717, 1.165) is 5.56 Å². The number of hydrogen-bond acceptors (Lipinski definition) is 4. The maximum Gasteiger partial charge on any atom is 0.252 e. The van der Waals surface area contributed by atoms with Gasteiger partial charge in [0, 0.05) is 0 Å². The van der Waals surface area contributed by atoms with E-state index in [9.17, 15) is 4.79 Å². The Hall–Kier alpha value is -1.43. The summed E-state index contributed by atoms with van der Waals surface area (Å²) in [6, 6.07) is 10.0. The third-order valence-corrected chi connectivity index (χ3v) is 5.43. The first-order valence-corrected chi connectivity index (χ1v) is 8.02. The molecule has 3 rings (SSSR count). The van der Waals surface area contributed by atoms with E-state index in [1.807, 2.05) is 51.1 Å². The molecule has 1 saturated heterocycles. The summed E-state index contributed by atoms with van der Waals surface area (Å²) < 4.78 is 12.4. The van der Waals surface area contributed by atoms with Crippen molar-refractivity contribution < 1.29 is 19.1 Å². The average Bonchev–Trinajstić information content (AvgIpc) is 2.91. The molecule has 1 aliphatic heterocycles. The molecule has 0 radical (unpaired) electrons. The summed E-state index contributed by atoms with van der Waals surface area (Å²) in [6.07, 6.45) is 1.17. The van der Waals surface area contributed by atoms with Gasteiger partial charge < -0.3 is 9.47 Å². The van der Waals surface area contributed by atoms with Gasteiger partial charge in [0.2, 0.25) is 0 Å². The molecular formula is C18H25NO4. The highest BCUT2D eigenvalue weighted by molar-refractivity contribution is 5.84. The van der Waals surface area contributed by atoms with E-state index in [4.69, 9.17) is 14.3 Å². The van der Waals surface area contributed by atoms with Crippen LogP contribution in [-0.2, 0) is 25.7 Å². The van der Waals surface area contributed by atoms with Crippen molar-refractivity contribution >= 4 is 5.91 Å². The van der Waals surface area contributed by atoms with Crippen LogP contribution in [0.4, 0.5) is 0 Å². The Kier molecular flexibility index (Phi) is 3.99. The lowest BCUT2D eigenvalue weighted by Gasteiger charge is -2.44. The fraction of sp³-hybridized carbons (Fsp3) is 0.611. The predicted octanol–water partition coefficient (Wildman–Crippen LogP) is 2.60. The Labute approximate surface area is 137 Å². The van der Waals surface area contributed by atoms with Gasteiger partial charge in [-0.15, -0.1) is 0 Å². The first-order valence-electron chi connectivity index (χ1n) is 8.02. The number of fused-ring (bicyclic) bond motifs is 2. The fourth-order valence-corrected chi connectivity index (χ4v) is 4.20. The van der Waals surface area contributed by atoms with E-state index in [1.54, 1.807) is 0 Å². The van der Waals surface area contributed by atoms with Crippen LogP contribution in [0.25, 0.3) is 0 Å². The van der Waals surface area contributed by atoms with Crippen LogP contribution >= 0.6 is 0 Å². The summed E-state index contributed by atoms with van der Waals surface area (Å²) >= 11 is 0. The fourth-order valence-electron chi connectivity index (χ4n) is 4.20. The van der Waals surface area contributed by atoms with Gasteiger partial charge in [-0.1, -0.05) is 30.3 Å². The zero-order valence-corrected chi connectivity index (χ0v) is 14.2. The molecule has 2 bridgehead atoms. The molecule has 0 aromatic heterocycles. The van der Waals surface area contributed by atoms with Gasteiger partial charge in [-0.2, -0.15) is 0 Å². The van der Waals surface area contributed by atoms with E-state index in [2.05, 4.69) is 5.48 Å². The molecule has 126 valence electrons. The van der Waals surface area contributed by atoms with Crippen LogP contribution < -0.4 is 5.48 Å². The first kappa shape index (κ1) is 16.4. The zero-order valence-electron chi connectivity index (χ0n) is 14.2. The number of rotatable bonds is 5. The number of carbonyl (C=O) groups excluding carboxylic acids is 1. The Bertz CT molecular complexity index is 588. The minimum atomic E-state index is -0.626. The number of amides is 1. The van der Waals surface area contributed by atoms with Gasteiger partial charge in [0.1, 0.15) is 0 Å². The average molecular weight is 319 g/mol. The van der Waals surface area contributed by atoms with Gasteiger partial charge in [-0.05, 0) is 39.2 Å². The quantitative estimate of drug-likeness (QED) is 0.848. The molecule has 5 nitrogen and oxygen atoms in total. The van der Waals surface area contributed by atoms with E-state index in [-0.39, 0.29) is 12.0 Å². The number of hydrogen-bond donors (Lipinski definition) is 1. The van der Waals surface area contributed by atoms with Crippen molar-refractivity contribution in [3.8, 4) is 0 Å². The van der Waals surface area contributed by atoms with Gasteiger partial charge in [0.25, 0.3) is 5.91 Å². The third-order valence-electron chi connectivity index (χ3n) is 5.43. The number of ether oxygens (including phenoxy) is 2. The summed E-state index contributed by atoms with van der Waals surface area (Å²) in [7, 11) is 1.45. The van der Waals surface area contributed by atoms with E-state index in [1.165, 1.54) is 7.11 Å². The maximum absolute atomic E-state index is 12.6. The van der Waals surface area contributed by atoms with E-state index in [0.29, 0.717) is 19.4 Å². The van der Waals surface area contributed by atoms with Crippen molar-refractivity contribution in [2.24, 2.45) is 5.41 Å². The molecule has 1 amide bonds. The van der Waals surface area contributed by atoms with Crippen LogP contribution in [-0.4, -0.2) is 30.3 Å². The second-order valence-electron chi connectivity index (χ2n) is 7.31. The van der Waals surface area contributed by atoms with Gasteiger partial charge in [-0.25, -0.2) is 5.48 Å². The topological polar surface area (TPSA) is 56.8 Å². The Morgan fingerprint density at radius 3 is 2.65 bits per heavy atom. The lowest BCUT2D eigenvalue weighted by Crippen LogP contribution is -2.55. The van der Waals surface area contributed by atoms with Crippen LogP contribution in [0.1, 0.15) is 39.2 Å². The van der Waals surface area contributed by atoms with Crippen LogP contribution in [0.2, 0.25) is 0 Å². The molecule has 2 fully saturated rings. The summed E-state index contributed by atoms with van der Waals surface area (Å²) in [5.41, 5.74) is 1.99. The Morgan fingerprint density at radius 1 is 1.30 bits per heavy atom. The first-order chi connectivity index (χ1) is 10.8. The molecule has 2 aliphatic rings. The van der Waals surface area contributed by atoms with Crippen molar-refractivity contribution in [2.45, 2.75) is 57.5 Å². The molecule has 5 heteroatoms. The van der Waals surface area contributed by atoms with Crippen molar-refractivity contribution in [3.63, 3.8) is 0 Å². The van der Waals surface area contributed by atoms with Crippen molar-refractivity contribution in [2.75, 3.05) is 7.11 Å². The SMILES string of the molecule is CONC(=O)[C@@]12C[C@H](OCc3ccccc3)[C@@](C)(C1)OC2(C)C. The molecule has 1 aromatic carbocycles. The summed E-state index contributed by atoms with van der Waals surface area (Å²) in [5, 5.41) is 0. The minimum Gasteiger partial charge on any atom is -0.371 e. The number of carbonyl (C=O) groups is 1. The monoisotopic (exact) mass is 319 g/mol. The smallest absolute Gasteiger partial charge is 0.252 e. The second kappa shape index (κ2) is 5.58. The van der Waals surface area contributed by atoms with Gasteiger partial charge in [-0.3, -0.25) is 9.63 Å². The molecule has 23 heavy (non-hydrogen) atoms. The molecule has 0 spiro atoms.